The molecule has 0 saturated carbocycles. The molecule has 1 aliphatic rings. The van der Waals surface area contributed by atoms with Crippen molar-refractivity contribution < 1.29 is 23.9 Å². The van der Waals surface area contributed by atoms with E-state index in [1.54, 1.807) is 25.7 Å². The Bertz CT molecular complexity index is 679. The molecule has 160 valence electrons. The number of nitrogens with one attached hydrogen (secondary N) is 1. The lowest BCUT2D eigenvalue weighted by molar-refractivity contribution is -0.154. The van der Waals surface area contributed by atoms with Crippen LogP contribution < -0.4 is 5.32 Å². The number of benzene rings is 1. The number of likely N-dealkylation sites (tertiary alicyclic amines) is 1. The van der Waals surface area contributed by atoms with Crippen molar-refractivity contribution >= 4 is 17.8 Å². The molecule has 0 aliphatic carbocycles. The first-order chi connectivity index (χ1) is 14.0. The Morgan fingerprint density at radius 3 is 2.48 bits per heavy atom. The topological polar surface area (TPSA) is 84.9 Å². The summed E-state index contributed by atoms with van der Waals surface area (Å²) in [6.45, 7) is 6.31. The Kier molecular flexibility index (Phi) is 9.12. The summed E-state index contributed by atoms with van der Waals surface area (Å²) in [6.07, 6.45) is 2.57. The van der Waals surface area contributed by atoms with Crippen molar-refractivity contribution in [2.75, 3.05) is 19.8 Å². The van der Waals surface area contributed by atoms with Gasteiger partial charge < -0.3 is 14.4 Å². The lowest BCUT2D eigenvalue weighted by atomic mass is 10.0. The average molecular weight is 405 g/mol. The van der Waals surface area contributed by atoms with Crippen molar-refractivity contribution in [2.45, 2.75) is 64.6 Å². The van der Waals surface area contributed by atoms with Crippen LogP contribution in [0, 0.1) is 0 Å². The maximum Gasteiger partial charge on any atom is 0.328 e. The summed E-state index contributed by atoms with van der Waals surface area (Å²) in [5.41, 5.74) is 1.12. The zero-order valence-electron chi connectivity index (χ0n) is 17.6. The number of rotatable bonds is 10. The highest BCUT2D eigenvalue weighted by Crippen LogP contribution is 2.20. The standard InChI is InChI=1S/C22H32N2O5/c1-4-28-21(26)18(14-13-17-10-7-6-8-11-17)23-16(3)20(25)24-15-9-12-19(24)22(27)29-5-2/h6-8,10-11,16,18-19,23H,4-5,9,12-15H2,1-3H3/t16-,18?,19-/m0/s1. The second-order valence-corrected chi connectivity index (χ2v) is 7.16. The van der Waals surface area contributed by atoms with Gasteiger partial charge in [-0.05, 0) is 52.0 Å². The highest BCUT2D eigenvalue weighted by molar-refractivity contribution is 5.88. The summed E-state index contributed by atoms with van der Waals surface area (Å²) in [6, 6.07) is 8.11. The van der Waals surface area contributed by atoms with E-state index in [4.69, 9.17) is 9.47 Å². The van der Waals surface area contributed by atoms with E-state index in [9.17, 15) is 14.4 Å². The van der Waals surface area contributed by atoms with Crippen LogP contribution in [-0.2, 0) is 30.3 Å². The van der Waals surface area contributed by atoms with E-state index in [-0.39, 0.29) is 31.1 Å². The highest BCUT2D eigenvalue weighted by Gasteiger charge is 2.37. The third kappa shape index (κ3) is 6.56. The van der Waals surface area contributed by atoms with Gasteiger partial charge in [0.25, 0.3) is 0 Å². The van der Waals surface area contributed by atoms with Crippen molar-refractivity contribution in [3.63, 3.8) is 0 Å². The van der Waals surface area contributed by atoms with Gasteiger partial charge in [0.1, 0.15) is 12.1 Å². The van der Waals surface area contributed by atoms with Crippen molar-refractivity contribution in [3.05, 3.63) is 35.9 Å². The normalized spacial score (nSPS) is 18.2. The van der Waals surface area contributed by atoms with E-state index in [0.29, 0.717) is 25.8 Å². The first kappa shape index (κ1) is 22.9. The predicted octanol–water partition coefficient (Wildman–Crippen LogP) is 2.08. The monoisotopic (exact) mass is 404 g/mol. The third-order valence-electron chi connectivity index (χ3n) is 5.05. The van der Waals surface area contributed by atoms with Crippen molar-refractivity contribution in [1.82, 2.24) is 10.2 Å². The van der Waals surface area contributed by atoms with Crippen LogP contribution in [0.25, 0.3) is 0 Å². The highest BCUT2D eigenvalue weighted by atomic mass is 16.5. The first-order valence-electron chi connectivity index (χ1n) is 10.4. The second kappa shape index (κ2) is 11.6. The third-order valence-corrected chi connectivity index (χ3v) is 5.05. The number of hydrogen-bond donors (Lipinski definition) is 1. The number of esters is 2. The van der Waals surface area contributed by atoms with Gasteiger partial charge in [-0.15, -0.1) is 0 Å². The van der Waals surface area contributed by atoms with E-state index in [0.717, 1.165) is 12.0 Å². The fraction of sp³-hybridized carbons (Fsp3) is 0.591. The SMILES string of the molecule is CCOC(=O)C(CCc1ccccc1)N[C@@H](C)C(=O)N1CCC[C@H]1C(=O)OCC. The van der Waals surface area contributed by atoms with Crippen LogP contribution in [0.4, 0.5) is 0 Å². The van der Waals surface area contributed by atoms with Crippen molar-refractivity contribution in [1.29, 1.82) is 0 Å². The van der Waals surface area contributed by atoms with Crippen LogP contribution in [0.1, 0.15) is 45.6 Å². The fourth-order valence-electron chi connectivity index (χ4n) is 3.60. The maximum absolute atomic E-state index is 13.0. The van der Waals surface area contributed by atoms with E-state index >= 15 is 0 Å². The fourth-order valence-corrected chi connectivity index (χ4v) is 3.60. The van der Waals surface area contributed by atoms with E-state index in [1.807, 2.05) is 30.3 Å². The van der Waals surface area contributed by atoms with E-state index < -0.39 is 18.1 Å². The summed E-state index contributed by atoms with van der Waals surface area (Å²) in [5.74, 6) is -0.933. The van der Waals surface area contributed by atoms with Crippen LogP contribution in [0.2, 0.25) is 0 Å². The molecule has 0 spiro atoms. The summed E-state index contributed by atoms with van der Waals surface area (Å²) in [7, 11) is 0. The molecular weight excluding hydrogens is 372 g/mol. The number of amides is 1. The molecule has 7 nitrogen and oxygen atoms in total. The molecule has 1 heterocycles. The lowest BCUT2D eigenvalue weighted by Crippen LogP contribution is -2.53. The maximum atomic E-state index is 13.0. The minimum atomic E-state index is -0.616. The largest absolute Gasteiger partial charge is 0.465 e. The van der Waals surface area contributed by atoms with E-state index in [2.05, 4.69) is 5.32 Å². The van der Waals surface area contributed by atoms with Gasteiger partial charge in [0.05, 0.1) is 19.3 Å². The minimum absolute atomic E-state index is 0.199. The molecule has 0 radical (unpaired) electrons. The Balaban J connectivity index is 2.01. The molecule has 0 aromatic heterocycles. The summed E-state index contributed by atoms with van der Waals surface area (Å²) in [4.78, 5) is 39.1. The first-order valence-corrected chi connectivity index (χ1v) is 10.4. The molecule has 29 heavy (non-hydrogen) atoms. The number of carbonyl (C=O) groups is 3. The Morgan fingerprint density at radius 2 is 1.83 bits per heavy atom. The van der Waals surface area contributed by atoms with Gasteiger partial charge in [-0.2, -0.15) is 0 Å². The van der Waals surface area contributed by atoms with Crippen LogP contribution in [0.5, 0.6) is 0 Å². The van der Waals surface area contributed by atoms with Crippen molar-refractivity contribution in [3.8, 4) is 0 Å². The van der Waals surface area contributed by atoms with Crippen LogP contribution >= 0.6 is 0 Å². The zero-order chi connectivity index (χ0) is 21.2. The van der Waals surface area contributed by atoms with E-state index in [1.165, 1.54) is 0 Å². The minimum Gasteiger partial charge on any atom is -0.465 e. The van der Waals surface area contributed by atoms with Gasteiger partial charge in [0.2, 0.25) is 5.91 Å². The van der Waals surface area contributed by atoms with Crippen LogP contribution in [-0.4, -0.2) is 60.6 Å². The molecular formula is C22H32N2O5. The molecule has 2 rings (SSSR count). The lowest BCUT2D eigenvalue weighted by Gasteiger charge is -2.28. The molecule has 7 heteroatoms. The van der Waals surface area contributed by atoms with Gasteiger partial charge in [0.15, 0.2) is 0 Å². The van der Waals surface area contributed by atoms with Gasteiger partial charge in [-0.1, -0.05) is 30.3 Å². The van der Waals surface area contributed by atoms with Gasteiger partial charge in [-0.25, -0.2) is 4.79 Å². The molecule has 1 unspecified atom stereocenters. The molecule has 3 atom stereocenters. The molecule has 1 aromatic carbocycles. The molecule has 1 aliphatic heterocycles. The number of aryl methyl sites for hydroxylation is 1. The average Bonchev–Trinajstić information content (AvgIpc) is 3.21. The molecule has 1 saturated heterocycles. The summed E-state index contributed by atoms with van der Waals surface area (Å²) in [5, 5.41) is 3.12. The van der Waals surface area contributed by atoms with Crippen molar-refractivity contribution in [2.24, 2.45) is 0 Å². The Morgan fingerprint density at radius 1 is 1.14 bits per heavy atom. The Labute approximate surface area is 172 Å². The summed E-state index contributed by atoms with van der Waals surface area (Å²) < 4.78 is 10.3. The van der Waals surface area contributed by atoms with Gasteiger partial charge in [-0.3, -0.25) is 14.9 Å². The number of ether oxygens (including phenoxy) is 2. The quantitative estimate of drug-likeness (QED) is 0.601. The molecule has 1 amide bonds. The number of nitrogens with zero attached hydrogens (tertiary/aromatic N) is 1. The second-order valence-electron chi connectivity index (χ2n) is 7.16. The molecule has 0 bridgehead atoms. The van der Waals surface area contributed by atoms with Gasteiger partial charge >= 0.3 is 11.9 Å². The van der Waals surface area contributed by atoms with Crippen LogP contribution in [0.3, 0.4) is 0 Å². The molecule has 1 N–H and O–H groups in total. The number of hydrogen-bond acceptors (Lipinski definition) is 6. The Hall–Kier alpha value is -2.41. The molecule has 1 aromatic rings. The predicted molar refractivity (Wildman–Crippen MR) is 109 cm³/mol. The van der Waals surface area contributed by atoms with Gasteiger partial charge in [0, 0.05) is 6.54 Å². The number of carbonyl (C=O) groups excluding carboxylic acids is 3. The summed E-state index contributed by atoms with van der Waals surface area (Å²) >= 11 is 0. The zero-order valence-corrected chi connectivity index (χ0v) is 17.6. The smallest absolute Gasteiger partial charge is 0.328 e. The van der Waals surface area contributed by atoms with Crippen LogP contribution in [0.15, 0.2) is 30.3 Å². The molecule has 1 fully saturated rings.